The molecule has 0 radical (unpaired) electrons. The quantitative estimate of drug-likeness (QED) is 0.759. The van der Waals surface area contributed by atoms with E-state index < -0.39 is 0 Å². The number of rotatable bonds is 2. The predicted octanol–water partition coefficient (Wildman–Crippen LogP) is 4.29. The number of hydrogen-bond donors (Lipinski definition) is 0. The van der Waals surface area contributed by atoms with Crippen LogP contribution in [0.25, 0.3) is 0 Å². The first-order chi connectivity index (χ1) is 11.4. The third kappa shape index (κ3) is 3.87. The van der Waals surface area contributed by atoms with E-state index in [1.807, 2.05) is 11.0 Å². The van der Waals surface area contributed by atoms with E-state index in [4.69, 9.17) is 4.52 Å². The average Bonchev–Trinajstić information content (AvgIpc) is 3.09. The first-order valence-corrected chi connectivity index (χ1v) is 9.21. The predicted molar refractivity (Wildman–Crippen MR) is 92.1 cm³/mol. The summed E-state index contributed by atoms with van der Waals surface area (Å²) in [5.41, 5.74) is 1.67. The zero-order chi connectivity index (χ0) is 17.2. The Labute approximate surface area is 144 Å². The maximum Gasteiger partial charge on any atom is 0.247 e. The van der Waals surface area contributed by atoms with E-state index in [2.05, 4.69) is 30.9 Å². The molecule has 1 saturated carbocycles. The summed E-state index contributed by atoms with van der Waals surface area (Å²) in [6.07, 6.45) is 10.8. The third-order valence-corrected chi connectivity index (χ3v) is 5.64. The van der Waals surface area contributed by atoms with E-state index in [0.717, 1.165) is 44.6 Å². The summed E-state index contributed by atoms with van der Waals surface area (Å²) >= 11 is 0. The van der Waals surface area contributed by atoms with Crippen molar-refractivity contribution in [3.63, 3.8) is 0 Å². The Morgan fingerprint density at radius 3 is 2.62 bits per heavy atom. The molecule has 5 nitrogen and oxygen atoms in total. The van der Waals surface area contributed by atoms with Gasteiger partial charge >= 0.3 is 0 Å². The number of allylic oxidation sites excluding steroid dienone is 1. The lowest BCUT2D eigenvalue weighted by Crippen LogP contribution is -2.38. The molecule has 0 N–H and O–H groups in total. The highest BCUT2D eigenvalue weighted by atomic mass is 16.5. The standard InChI is InChI=1S/C19H29N3O2/c1-19(2,3)15-9-7-14(8-10-15)12-17(23)22-11-5-4-6-16(22)18-20-13-24-21-18/h12-13,15-16H,4-11H2,1-3H3/t15?,16-/m0/s1. The van der Waals surface area contributed by atoms with E-state index in [0.29, 0.717) is 11.2 Å². The number of nitrogens with zero attached hydrogens (tertiary/aromatic N) is 3. The number of piperidine rings is 1. The Hall–Kier alpha value is -1.65. The molecule has 1 aromatic rings. The van der Waals surface area contributed by atoms with E-state index in [1.165, 1.54) is 24.8 Å². The van der Waals surface area contributed by atoms with E-state index in [9.17, 15) is 4.79 Å². The van der Waals surface area contributed by atoms with Gasteiger partial charge < -0.3 is 9.42 Å². The molecule has 24 heavy (non-hydrogen) atoms. The Morgan fingerprint density at radius 2 is 2.00 bits per heavy atom. The minimum Gasteiger partial charge on any atom is -0.343 e. The molecule has 1 aliphatic heterocycles. The monoisotopic (exact) mass is 331 g/mol. The van der Waals surface area contributed by atoms with Crippen LogP contribution in [-0.4, -0.2) is 27.5 Å². The molecular formula is C19H29N3O2. The van der Waals surface area contributed by atoms with E-state index >= 15 is 0 Å². The molecule has 5 heteroatoms. The largest absolute Gasteiger partial charge is 0.343 e. The molecule has 1 amide bonds. The lowest BCUT2D eigenvalue weighted by atomic mass is 9.71. The Balaban J connectivity index is 1.65. The zero-order valence-electron chi connectivity index (χ0n) is 15.1. The van der Waals surface area contributed by atoms with Crippen LogP contribution in [0.3, 0.4) is 0 Å². The summed E-state index contributed by atoms with van der Waals surface area (Å²) in [4.78, 5) is 18.9. The van der Waals surface area contributed by atoms with Crippen LogP contribution in [0.1, 0.15) is 77.6 Å². The van der Waals surface area contributed by atoms with Crippen molar-refractivity contribution in [2.24, 2.45) is 11.3 Å². The van der Waals surface area contributed by atoms with Gasteiger partial charge in [-0.2, -0.15) is 4.98 Å². The second-order valence-electron chi connectivity index (χ2n) is 8.28. The Bertz CT molecular complexity index is 576. The van der Waals surface area contributed by atoms with Gasteiger partial charge in [0.2, 0.25) is 12.3 Å². The number of amides is 1. The summed E-state index contributed by atoms with van der Waals surface area (Å²) in [5.74, 6) is 1.51. The van der Waals surface area contributed by atoms with Gasteiger partial charge in [-0.15, -0.1) is 0 Å². The highest BCUT2D eigenvalue weighted by Gasteiger charge is 2.31. The summed E-state index contributed by atoms with van der Waals surface area (Å²) in [6.45, 7) is 7.74. The van der Waals surface area contributed by atoms with Crippen LogP contribution < -0.4 is 0 Å². The molecule has 132 valence electrons. The normalized spacial score (nSPS) is 25.6. The molecule has 1 atom stereocenters. The first-order valence-electron chi connectivity index (χ1n) is 9.21. The molecule has 1 aliphatic carbocycles. The van der Waals surface area contributed by atoms with Crippen molar-refractivity contribution in [1.29, 1.82) is 0 Å². The van der Waals surface area contributed by atoms with Gasteiger partial charge in [0.05, 0.1) is 6.04 Å². The molecule has 2 fully saturated rings. The van der Waals surface area contributed by atoms with Crippen molar-refractivity contribution < 1.29 is 9.32 Å². The van der Waals surface area contributed by atoms with Crippen molar-refractivity contribution in [3.05, 3.63) is 23.9 Å². The zero-order valence-corrected chi connectivity index (χ0v) is 15.1. The fraction of sp³-hybridized carbons (Fsp3) is 0.737. The average molecular weight is 331 g/mol. The molecule has 1 saturated heterocycles. The molecule has 2 aliphatic rings. The fourth-order valence-electron chi connectivity index (χ4n) is 4.05. The number of likely N-dealkylation sites (tertiary alicyclic amines) is 1. The molecule has 0 aromatic carbocycles. The number of aromatic nitrogens is 2. The van der Waals surface area contributed by atoms with Crippen LogP contribution in [0.4, 0.5) is 0 Å². The topological polar surface area (TPSA) is 59.2 Å². The second-order valence-corrected chi connectivity index (χ2v) is 8.28. The molecule has 0 spiro atoms. The van der Waals surface area contributed by atoms with Crippen molar-refractivity contribution in [2.45, 2.75) is 71.8 Å². The molecular weight excluding hydrogens is 302 g/mol. The maximum atomic E-state index is 12.8. The van der Waals surface area contributed by atoms with Gasteiger partial charge in [-0.25, -0.2) is 0 Å². The van der Waals surface area contributed by atoms with Gasteiger partial charge in [-0.3, -0.25) is 4.79 Å². The highest BCUT2D eigenvalue weighted by Crippen LogP contribution is 2.39. The summed E-state index contributed by atoms with van der Waals surface area (Å²) in [5, 5.41) is 3.96. The molecule has 1 aromatic heterocycles. The Morgan fingerprint density at radius 1 is 1.25 bits per heavy atom. The summed E-state index contributed by atoms with van der Waals surface area (Å²) in [7, 11) is 0. The third-order valence-electron chi connectivity index (χ3n) is 5.64. The lowest BCUT2D eigenvalue weighted by molar-refractivity contribution is -0.130. The Kier molecular flexibility index (Phi) is 5.07. The van der Waals surface area contributed by atoms with Crippen LogP contribution in [0.5, 0.6) is 0 Å². The first kappa shape index (κ1) is 17.2. The minimum atomic E-state index is -0.0345. The smallest absolute Gasteiger partial charge is 0.247 e. The molecule has 3 rings (SSSR count). The maximum absolute atomic E-state index is 12.8. The van der Waals surface area contributed by atoms with Crippen molar-refractivity contribution >= 4 is 5.91 Å². The SMILES string of the molecule is CC(C)(C)C1CCC(=CC(=O)N2CCCC[C@H]2c2ncon2)CC1. The summed E-state index contributed by atoms with van der Waals surface area (Å²) < 4.78 is 4.87. The van der Waals surface area contributed by atoms with E-state index in [1.54, 1.807) is 0 Å². The number of carbonyl (C=O) groups excluding carboxylic acids is 1. The molecule has 2 heterocycles. The van der Waals surface area contributed by atoms with Crippen LogP contribution in [0.15, 0.2) is 22.6 Å². The van der Waals surface area contributed by atoms with Gasteiger partial charge in [0.1, 0.15) is 0 Å². The molecule has 0 unspecified atom stereocenters. The molecule has 0 bridgehead atoms. The number of hydrogen-bond acceptors (Lipinski definition) is 4. The van der Waals surface area contributed by atoms with Crippen LogP contribution >= 0.6 is 0 Å². The minimum absolute atomic E-state index is 0.0345. The number of carbonyl (C=O) groups is 1. The van der Waals surface area contributed by atoms with Gasteiger partial charge in [-0.1, -0.05) is 31.5 Å². The summed E-state index contributed by atoms with van der Waals surface area (Å²) in [6, 6.07) is -0.0345. The van der Waals surface area contributed by atoms with Crippen LogP contribution in [-0.2, 0) is 4.79 Å². The second kappa shape index (κ2) is 7.08. The van der Waals surface area contributed by atoms with Crippen LogP contribution in [0, 0.1) is 11.3 Å². The lowest BCUT2D eigenvalue weighted by Gasteiger charge is -2.35. The van der Waals surface area contributed by atoms with Gasteiger partial charge in [0, 0.05) is 12.6 Å². The van der Waals surface area contributed by atoms with Gasteiger partial charge in [-0.05, 0) is 56.3 Å². The van der Waals surface area contributed by atoms with E-state index in [-0.39, 0.29) is 11.9 Å². The van der Waals surface area contributed by atoms with Crippen molar-refractivity contribution in [1.82, 2.24) is 15.0 Å². The highest BCUT2D eigenvalue weighted by molar-refractivity contribution is 5.88. The van der Waals surface area contributed by atoms with Crippen molar-refractivity contribution in [2.75, 3.05) is 6.54 Å². The van der Waals surface area contributed by atoms with Crippen LogP contribution in [0.2, 0.25) is 0 Å². The van der Waals surface area contributed by atoms with Gasteiger partial charge in [0.15, 0.2) is 5.82 Å². The fourth-order valence-corrected chi connectivity index (χ4v) is 4.05. The van der Waals surface area contributed by atoms with Gasteiger partial charge in [0.25, 0.3) is 0 Å². The van der Waals surface area contributed by atoms with Crippen molar-refractivity contribution in [3.8, 4) is 0 Å².